The fourth-order valence-corrected chi connectivity index (χ4v) is 3.87. The van der Waals surface area contributed by atoms with Crippen molar-refractivity contribution in [3.05, 3.63) is 33.8 Å². The first-order valence-electron chi connectivity index (χ1n) is 8.21. The Bertz CT molecular complexity index is 408. The normalized spacial score (nSPS) is 18.8. The molecule has 1 nitrogen and oxygen atoms in total. The second kappa shape index (κ2) is 8.19. The lowest BCUT2D eigenvalue weighted by Crippen LogP contribution is -2.29. The lowest BCUT2D eigenvalue weighted by Gasteiger charge is -2.29. The van der Waals surface area contributed by atoms with Gasteiger partial charge in [-0.2, -0.15) is 0 Å². The van der Waals surface area contributed by atoms with Gasteiger partial charge in [0, 0.05) is 10.5 Å². The SMILES string of the molecule is CCCNC(c1cc(C)ccc1Br)C1CCCCCC1. The number of nitrogens with one attached hydrogen (secondary N) is 1. The topological polar surface area (TPSA) is 12.0 Å². The Balaban J connectivity index is 2.22. The number of benzene rings is 1. The highest BCUT2D eigenvalue weighted by atomic mass is 79.9. The average Bonchev–Trinajstić information content (AvgIpc) is 2.72. The van der Waals surface area contributed by atoms with Gasteiger partial charge in [0.1, 0.15) is 0 Å². The first-order valence-corrected chi connectivity index (χ1v) is 9.01. The molecule has 0 radical (unpaired) electrons. The van der Waals surface area contributed by atoms with Crippen molar-refractivity contribution in [2.45, 2.75) is 64.8 Å². The molecule has 0 aliphatic heterocycles. The summed E-state index contributed by atoms with van der Waals surface area (Å²) in [4.78, 5) is 0. The molecule has 20 heavy (non-hydrogen) atoms. The lowest BCUT2D eigenvalue weighted by molar-refractivity contribution is 0.325. The predicted molar refractivity (Wildman–Crippen MR) is 91.1 cm³/mol. The Morgan fingerprint density at radius 1 is 1.20 bits per heavy atom. The van der Waals surface area contributed by atoms with Gasteiger partial charge in [0.2, 0.25) is 0 Å². The van der Waals surface area contributed by atoms with Crippen LogP contribution >= 0.6 is 15.9 Å². The molecule has 0 aromatic heterocycles. The molecule has 1 fully saturated rings. The molecule has 1 N–H and O–H groups in total. The maximum atomic E-state index is 3.82. The maximum absolute atomic E-state index is 3.82. The van der Waals surface area contributed by atoms with Gasteiger partial charge in [0.15, 0.2) is 0 Å². The number of hydrogen-bond acceptors (Lipinski definition) is 1. The highest BCUT2D eigenvalue weighted by Crippen LogP contribution is 2.36. The summed E-state index contributed by atoms with van der Waals surface area (Å²) >= 11 is 3.77. The quantitative estimate of drug-likeness (QED) is 0.672. The molecular weight excluding hydrogens is 310 g/mol. The smallest absolute Gasteiger partial charge is 0.0359 e. The Kier molecular flexibility index (Phi) is 6.57. The van der Waals surface area contributed by atoms with Crippen molar-refractivity contribution in [1.29, 1.82) is 0 Å². The summed E-state index contributed by atoms with van der Waals surface area (Å²) in [5.74, 6) is 0.794. The van der Waals surface area contributed by atoms with Crippen LogP contribution in [-0.4, -0.2) is 6.54 Å². The third-order valence-corrected chi connectivity index (χ3v) is 5.19. The van der Waals surface area contributed by atoms with Gasteiger partial charge < -0.3 is 5.32 Å². The second-order valence-corrected chi connectivity index (χ2v) is 7.06. The molecule has 0 saturated heterocycles. The predicted octanol–water partition coefficient (Wildman–Crippen LogP) is 5.77. The summed E-state index contributed by atoms with van der Waals surface area (Å²) < 4.78 is 1.26. The van der Waals surface area contributed by atoms with Gasteiger partial charge in [-0.15, -0.1) is 0 Å². The van der Waals surface area contributed by atoms with Gasteiger partial charge in [-0.05, 0) is 50.3 Å². The summed E-state index contributed by atoms with van der Waals surface area (Å²) in [6.45, 7) is 5.56. The van der Waals surface area contributed by atoms with Crippen LogP contribution in [-0.2, 0) is 0 Å². The molecule has 1 aliphatic carbocycles. The first kappa shape index (κ1) is 16.0. The van der Waals surface area contributed by atoms with E-state index in [-0.39, 0.29) is 0 Å². The summed E-state index contributed by atoms with van der Waals surface area (Å²) in [6, 6.07) is 7.28. The van der Waals surface area contributed by atoms with E-state index in [2.05, 4.69) is 53.3 Å². The Morgan fingerprint density at radius 2 is 1.90 bits per heavy atom. The highest BCUT2D eigenvalue weighted by Gasteiger charge is 2.25. The van der Waals surface area contributed by atoms with Crippen LogP contribution in [0.3, 0.4) is 0 Å². The van der Waals surface area contributed by atoms with Crippen LogP contribution in [0.2, 0.25) is 0 Å². The van der Waals surface area contributed by atoms with E-state index in [1.54, 1.807) is 0 Å². The largest absolute Gasteiger partial charge is 0.310 e. The molecule has 0 heterocycles. The monoisotopic (exact) mass is 337 g/mol. The zero-order chi connectivity index (χ0) is 14.4. The summed E-state index contributed by atoms with van der Waals surface area (Å²) in [5, 5.41) is 3.82. The van der Waals surface area contributed by atoms with Crippen LogP contribution in [0.5, 0.6) is 0 Å². The third kappa shape index (κ3) is 4.33. The molecule has 0 spiro atoms. The lowest BCUT2D eigenvalue weighted by atomic mass is 9.86. The summed E-state index contributed by atoms with van der Waals surface area (Å²) in [7, 11) is 0. The van der Waals surface area contributed by atoms with Crippen LogP contribution in [0.15, 0.2) is 22.7 Å². The highest BCUT2D eigenvalue weighted by molar-refractivity contribution is 9.10. The van der Waals surface area contributed by atoms with Crippen LogP contribution in [0.1, 0.15) is 69.0 Å². The summed E-state index contributed by atoms with van der Waals surface area (Å²) in [5.41, 5.74) is 2.82. The van der Waals surface area contributed by atoms with Gasteiger partial charge in [-0.25, -0.2) is 0 Å². The molecule has 2 heteroatoms. The minimum atomic E-state index is 0.516. The molecule has 1 aromatic carbocycles. The number of aryl methyl sites for hydroxylation is 1. The van der Waals surface area contributed by atoms with Crippen molar-refractivity contribution < 1.29 is 0 Å². The zero-order valence-electron chi connectivity index (χ0n) is 12.9. The molecule has 1 unspecified atom stereocenters. The minimum absolute atomic E-state index is 0.516. The van der Waals surface area contributed by atoms with E-state index in [4.69, 9.17) is 0 Å². The van der Waals surface area contributed by atoms with Crippen molar-refractivity contribution in [3.8, 4) is 0 Å². The molecule has 1 aliphatic rings. The van der Waals surface area contributed by atoms with Crippen molar-refractivity contribution in [2.24, 2.45) is 5.92 Å². The van der Waals surface area contributed by atoms with E-state index in [1.165, 1.54) is 60.5 Å². The fraction of sp³-hybridized carbons (Fsp3) is 0.667. The molecule has 0 amide bonds. The minimum Gasteiger partial charge on any atom is -0.310 e. The van der Waals surface area contributed by atoms with Gasteiger partial charge in [0.05, 0.1) is 0 Å². The molecule has 0 bridgehead atoms. The van der Waals surface area contributed by atoms with Crippen LogP contribution < -0.4 is 5.32 Å². The molecule has 2 rings (SSSR count). The van der Waals surface area contributed by atoms with Gasteiger partial charge >= 0.3 is 0 Å². The van der Waals surface area contributed by atoms with Gasteiger partial charge in [-0.1, -0.05) is 66.2 Å². The maximum Gasteiger partial charge on any atom is 0.0359 e. The van der Waals surface area contributed by atoms with Crippen molar-refractivity contribution in [3.63, 3.8) is 0 Å². The second-order valence-electron chi connectivity index (χ2n) is 6.21. The van der Waals surface area contributed by atoms with Gasteiger partial charge in [0.25, 0.3) is 0 Å². The van der Waals surface area contributed by atoms with E-state index in [0.717, 1.165) is 12.5 Å². The van der Waals surface area contributed by atoms with Crippen molar-refractivity contribution in [2.75, 3.05) is 6.54 Å². The number of rotatable bonds is 5. The van der Waals surface area contributed by atoms with Crippen LogP contribution in [0, 0.1) is 12.8 Å². The zero-order valence-corrected chi connectivity index (χ0v) is 14.5. The van der Waals surface area contributed by atoms with Crippen molar-refractivity contribution >= 4 is 15.9 Å². The Labute approximate surface area is 132 Å². The first-order chi connectivity index (χ1) is 9.72. The molecule has 1 saturated carbocycles. The molecular formula is C18H28BrN. The summed E-state index contributed by atoms with van der Waals surface area (Å²) in [6.07, 6.45) is 9.60. The van der Waals surface area contributed by atoms with Crippen LogP contribution in [0.25, 0.3) is 0 Å². The fourth-order valence-electron chi connectivity index (χ4n) is 3.38. The average molecular weight is 338 g/mol. The standard InChI is InChI=1S/C18H28BrN/c1-3-12-20-18(15-8-6-4-5-7-9-15)16-13-14(2)10-11-17(16)19/h10-11,13,15,18,20H,3-9,12H2,1-2H3. The van der Waals surface area contributed by atoms with E-state index >= 15 is 0 Å². The van der Waals surface area contributed by atoms with Crippen LogP contribution in [0.4, 0.5) is 0 Å². The van der Waals surface area contributed by atoms with E-state index < -0.39 is 0 Å². The molecule has 112 valence electrons. The third-order valence-electron chi connectivity index (χ3n) is 4.47. The Hall–Kier alpha value is -0.340. The van der Waals surface area contributed by atoms with Gasteiger partial charge in [-0.3, -0.25) is 0 Å². The van der Waals surface area contributed by atoms with E-state index in [9.17, 15) is 0 Å². The van der Waals surface area contributed by atoms with Crippen molar-refractivity contribution in [1.82, 2.24) is 5.32 Å². The number of halogens is 1. The van der Waals surface area contributed by atoms with E-state index in [1.807, 2.05) is 0 Å². The molecule has 1 atom stereocenters. The molecule has 1 aromatic rings. The van der Waals surface area contributed by atoms with E-state index in [0.29, 0.717) is 6.04 Å². The number of hydrogen-bond donors (Lipinski definition) is 1. The Morgan fingerprint density at radius 3 is 2.55 bits per heavy atom.